The normalized spacial score (nSPS) is 15.9. The number of nitrogens with zero attached hydrogens (tertiary/aromatic N) is 1. The van der Waals surface area contributed by atoms with E-state index in [0.29, 0.717) is 17.1 Å². The highest BCUT2D eigenvalue weighted by atomic mass is 16.5. The zero-order valence-corrected chi connectivity index (χ0v) is 16.3. The molecule has 2 aromatic carbocycles. The minimum atomic E-state index is -0.312. The molecule has 1 aliphatic rings. The van der Waals surface area contributed by atoms with Crippen LogP contribution < -0.4 is 14.8 Å². The summed E-state index contributed by atoms with van der Waals surface area (Å²) in [5, 5.41) is 2.72. The maximum Gasteiger partial charge on any atom is 0.251 e. The fraction of sp³-hybridized carbons (Fsp3) is 0.364. The smallest absolute Gasteiger partial charge is 0.251 e. The largest absolute Gasteiger partial charge is 0.493 e. The van der Waals surface area contributed by atoms with Crippen molar-refractivity contribution in [2.75, 3.05) is 27.3 Å². The van der Waals surface area contributed by atoms with E-state index in [4.69, 9.17) is 9.47 Å². The van der Waals surface area contributed by atoms with Crippen LogP contribution in [0.15, 0.2) is 48.5 Å². The van der Waals surface area contributed by atoms with Crippen molar-refractivity contribution in [1.82, 2.24) is 10.2 Å². The van der Waals surface area contributed by atoms with Crippen LogP contribution in [0.3, 0.4) is 0 Å². The van der Waals surface area contributed by atoms with Gasteiger partial charge in [0.2, 0.25) is 5.91 Å². The predicted octanol–water partition coefficient (Wildman–Crippen LogP) is 2.67. The Morgan fingerprint density at radius 3 is 2.54 bits per heavy atom. The topological polar surface area (TPSA) is 67.9 Å². The van der Waals surface area contributed by atoms with Crippen LogP contribution in [0.1, 0.15) is 28.8 Å². The first-order chi connectivity index (χ1) is 13.6. The number of hydrogen-bond donors (Lipinski definition) is 1. The molecule has 2 aromatic rings. The number of ether oxygens (including phenoxy) is 2. The number of carbonyl (C=O) groups is 2. The Kier molecular flexibility index (Phi) is 6.53. The van der Waals surface area contributed by atoms with Crippen LogP contribution in [0.2, 0.25) is 0 Å². The molecule has 0 radical (unpaired) electrons. The molecule has 6 nitrogen and oxygen atoms in total. The molecule has 6 heteroatoms. The van der Waals surface area contributed by atoms with Crippen LogP contribution in [0, 0.1) is 0 Å². The molecule has 148 valence electrons. The van der Waals surface area contributed by atoms with Gasteiger partial charge in [0, 0.05) is 18.2 Å². The highest BCUT2D eigenvalue weighted by molar-refractivity contribution is 5.97. The highest BCUT2D eigenvalue weighted by Gasteiger charge is 2.28. The van der Waals surface area contributed by atoms with Gasteiger partial charge in [-0.1, -0.05) is 30.3 Å². The lowest BCUT2D eigenvalue weighted by Gasteiger charge is -2.25. The summed E-state index contributed by atoms with van der Waals surface area (Å²) >= 11 is 0. The van der Waals surface area contributed by atoms with Gasteiger partial charge in [-0.25, -0.2) is 0 Å². The molecule has 2 amide bonds. The van der Waals surface area contributed by atoms with Crippen molar-refractivity contribution in [1.29, 1.82) is 0 Å². The molecule has 1 aliphatic heterocycles. The Balaban J connectivity index is 1.57. The van der Waals surface area contributed by atoms with Gasteiger partial charge in [0.05, 0.1) is 20.8 Å². The molecule has 0 saturated carbocycles. The number of carbonyl (C=O) groups excluding carboxylic acids is 2. The maximum atomic E-state index is 12.7. The van der Waals surface area contributed by atoms with Crippen molar-refractivity contribution < 1.29 is 19.1 Å². The van der Waals surface area contributed by atoms with Crippen LogP contribution in [-0.4, -0.2) is 50.1 Å². The van der Waals surface area contributed by atoms with Crippen molar-refractivity contribution >= 4 is 11.8 Å². The van der Waals surface area contributed by atoms with Crippen LogP contribution in [0.4, 0.5) is 0 Å². The van der Waals surface area contributed by atoms with Crippen molar-refractivity contribution in [2.45, 2.75) is 25.3 Å². The Morgan fingerprint density at radius 1 is 1.07 bits per heavy atom. The number of hydrogen-bond acceptors (Lipinski definition) is 4. The Labute approximate surface area is 165 Å². The molecule has 1 fully saturated rings. The molecule has 28 heavy (non-hydrogen) atoms. The molecule has 0 aromatic heterocycles. The van der Waals surface area contributed by atoms with E-state index in [1.54, 1.807) is 18.2 Å². The predicted molar refractivity (Wildman–Crippen MR) is 107 cm³/mol. The van der Waals surface area contributed by atoms with Gasteiger partial charge in [0.1, 0.15) is 0 Å². The third-order valence-corrected chi connectivity index (χ3v) is 5.06. The lowest BCUT2D eigenvalue weighted by molar-refractivity contribution is -0.130. The average Bonchev–Trinajstić information content (AvgIpc) is 3.20. The summed E-state index contributed by atoms with van der Waals surface area (Å²) in [6.45, 7) is 0.723. The summed E-state index contributed by atoms with van der Waals surface area (Å²) in [7, 11) is 3.06. The molecule has 1 atom stereocenters. The lowest BCUT2D eigenvalue weighted by Crippen LogP contribution is -2.43. The summed E-state index contributed by atoms with van der Waals surface area (Å²) in [6, 6.07) is 15.3. The van der Waals surface area contributed by atoms with Crippen LogP contribution in [0.5, 0.6) is 11.5 Å². The SMILES string of the molecule is COc1ccc(C(=O)NCC(=O)N2CCCC2Cc2ccccc2)cc1OC. The van der Waals surface area contributed by atoms with Gasteiger partial charge in [0.25, 0.3) is 5.91 Å². The number of benzene rings is 2. The standard InChI is InChI=1S/C22H26N2O4/c1-27-19-11-10-17(14-20(19)28-2)22(26)23-15-21(25)24-12-6-9-18(24)13-16-7-4-3-5-8-16/h3-5,7-8,10-11,14,18H,6,9,12-13,15H2,1-2H3,(H,23,26). The van der Waals surface area contributed by atoms with E-state index in [9.17, 15) is 9.59 Å². The number of methoxy groups -OCH3 is 2. The Bertz CT molecular complexity index is 823. The Hall–Kier alpha value is -3.02. The zero-order chi connectivity index (χ0) is 19.9. The Morgan fingerprint density at radius 2 is 1.82 bits per heavy atom. The summed E-state index contributed by atoms with van der Waals surface area (Å²) in [5.74, 6) is 0.667. The number of nitrogens with one attached hydrogen (secondary N) is 1. The second-order valence-corrected chi connectivity index (χ2v) is 6.83. The zero-order valence-electron chi connectivity index (χ0n) is 16.3. The summed E-state index contributed by atoms with van der Waals surface area (Å²) in [6.07, 6.45) is 2.83. The lowest BCUT2D eigenvalue weighted by atomic mass is 10.0. The molecule has 1 heterocycles. The first kappa shape index (κ1) is 19.7. The second kappa shape index (κ2) is 9.26. The van der Waals surface area contributed by atoms with Crippen LogP contribution >= 0.6 is 0 Å². The van der Waals surface area contributed by atoms with Gasteiger partial charge in [-0.05, 0) is 43.0 Å². The molecular weight excluding hydrogens is 356 g/mol. The molecular formula is C22H26N2O4. The number of rotatable bonds is 7. The third-order valence-electron chi connectivity index (χ3n) is 5.06. The van der Waals surface area contributed by atoms with Crippen LogP contribution in [-0.2, 0) is 11.2 Å². The number of amides is 2. The van der Waals surface area contributed by atoms with E-state index in [1.807, 2.05) is 23.1 Å². The molecule has 0 aliphatic carbocycles. The average molecular weight is 382 g/mol. The summed E-state index contributed by atoms with van der Waals surface area (Å²) in [5.41, 5.74) is 1.65. The third kappa shape index (κ3) is 4.63. The highest BCUT2D eigenvalue weighted by Crippen LogP contribution is 2.27. The van der Waals surface area contributed by atoms with Gasteiger partial charge in [-0.2, -0.15) is 0 Å². The molecule has 1 saturated heterocycles. The second-order valence-electron chi connectivity index (χ2n) is 6.83. The van der Waals surface area contributed by atoms with Crippen molar-refractivity contribution in [3.05, 3.63) is 59.7 Å². The van der Waals surface area contributed by atoms with Crippen molar-refractivity contribution in [2.24, 2.45) is 0 Å². The minimum absolute atomic E-state index is 0.0154. The van der Waals surface area contributed by atoms with Gasteiger partial charge in [0.15, 0.2) is 11.5 Å². The molecule has 1 unspecified atom stereocenters. The molecule has 0 bridgehead atoms. The van der Waals surface area contributed by atoms with E-state index in [0.717, 1.165) is 25.8 Å². The maximum absolute atomic E-state index is 12.7. The van der Waals surface area contributed by atoms with Crippen LogP contribution in [0.25, 0.3) is 0 Å². The number of likely N-dealkylation sites (tertiary alicyclic amines) is 1. The van der Waals surface area contributed by atoms with Crippen molar-refractivity contribution in [3.8, 4) is 11.5 Å². The van der Waals surface area contributed by atoms with Gasteiger partial charge in [-0.15, -0.1) is 0 Å². The van der Waals surface area contributed by atoms with E-state index in [2.05, 4.69) is 17.4 Å². The summed E-state index contributed by atoms with van der Waals surface area (Å²) in [4.78, 5) is 27.0. The molecule has 0 spiro atoms. The van der Waals surface area contributed by atoms with Gasteiger partial charge in [-0.3, -0.25) is 9.59 Å². The van der Waals surface area contributed by atoms with Gasteiger partial charge < -0.3 is 19.7 Å². The first-order valence-electron chi connectivity index (χ1n) is 9.46. The fourth-order valence-corrected chi connectivity index (χ4v) is 3.60. The van der Waals surface area contributed by atoms with E-state index < -0.39 is 0 Å². The van der Waals surface area contributed by atoms with E-state index in [-0.39, 0.29) is 24.4 Å². The molecule has 1 N–H and O–H groups in total. The minimum Gasteiger partial charge on any atom is -0.493 e. The van der Waals surface area contributed by atoms with Crippen molar-refractivity contribution in [3.63, 3.8) is 0 Å². The van der Waals surface area contributed by atoms with E-state index >= 15 is 0 Å². The summed E-state index contributed by atoms with van der Waals surface area (Å²) < 4.78 is 10.4. The monoisotopic (exact) mass is 382 g/mol. The van der Waals surface area contributed by atoms with Gasteiger partial charge >= 0.3 is 0 Å². The fourth-order valence-electron chi connectivity index (χ4n) is 3.60. The quantitative estimate of drug-likeness (QED) is 0.799. The first-order valence-corrected chi connectivity index (χ1v) is 9.46. The van der Waals surface area contributed by atoms with E-state index in [1.165, 1.54) is 19.8 Å². The molecule has 3 rings (SSSR count).